The Bertz CT molecular complexity index is 971. The maximum absolute atomic E-state index is 12.8. The molecule has 162 valence electrons. The van der Waals surface area contributed by atoms with E-state index in [-0.39, 0.29) is 23.3 Å². The Labute approximate surface area is 183 Å². The minimum absolute atomic E-state index is 0.0805. The van der Waals surface area contributed by atoms with E-state index in [1.54, 1.807) is 18.2 Å². The second-order valence-corrected chi connectivity index (χ2v) is 10.1. The SMILES string of the molecule is CN(C)C(CNCC(=O)c1cccc(S(=O)(=O)N2CCCC2)c1)c1ccc(Cl)cc1. The van der Waals surface area contributed by atoms with Crippen LogP contribution in [-0.4, -0.2) is 63.7 Å². The Morgan fingerprint density at radius 3 is 2.43 bits per heavy atom. The largest absolute Gasteiger partial charge is 0.308 e. The van der Waals surface area contributed by atoms with E-state index < -0.39 is 10.0 Å². The normalized spacial score (nSPS) is 16.1. The Kier molecular flexibility index (Phi) is 7.65. The minimum atomic E-state index is -3.54. The van der Waals surface area contributed by atoms with Gasteiger partial charge in [0.1, 0.15) is 0 Å². The average Bonchev–Trinajstić information content (AvgIpc) is 3.28. The van der Waals surface area contributed by atoms with Crippen molar-refractivity contribution in [2.45, 2.75) is 23.8 Å². The number of benzene rings is 2. The predicted octanol–water partition coefficient (Wildman–Crippen LogP) is 3.20. The molecule has 0 bridgehead atoms. The van der Waals surface area contributed by atoms with Crippen LogP contribution in [-0.2, 0) is 10.0 Å². The van der Waals surface area contributed by atoms with Gasteiger partial charge in [-0.25, -0.2) is 8.42 Å². The highest BCUT2D eigenvalue weighted by Crippen LogP contribution is 2.22. The first-order chi connectivity index (χ1) is 14.3. The maximum atomic E-state index is 12.8. The number of likely N-dealkylation sites (N-methyl/N-ethyl adjacent to an activating group) is 1. The van der Waals surface area contributed by atoms with Crippen molar-refractivity contribution in [3.8, 4) is 0 Å². The molecule has 2 aromatic rings. The van der Waals surface area contributed by atoms with Gasteiger partial charge >= 0.3 is 0 Å². The van der Waals surface area contributed by atoms with Crippen LogP contribution in [0.15, 0.2) is 53.4 Å². The molecule has 1 unspecified atom stereocenters. The lowest BCUT2D eigenvalue weighted by Gasteiger charge is -2.25. The summed E-state index contributed by atoms with van der Waals surface area (Å²) in [6.07, 6.45) is 1.75. The Hall–Kier alpha value is -1.77. The number of nitrogens with zero attached hydrogens (tertiary/aromatic N) is 2. The summed E-state index contributed by atoms with van der Waals surface area (Å²) >= 11 is 5.98. The standard InChI is InChI=1S/C22H28ClN3O3S/c1-25(2)21(17-8-10-19(23)11-9-17)15-24-16-22(27)18-6-5-7-20(14-18)30(28,29)26-12-3-4-13-26/h5-11,14,21,24H,3-4,12-13,15-16H2,1-2H3. The van der Waals surface area contributed by atoms with E-state index in [0.717, 1.165) is 18.4 Å². The molecule has 30 heavy (non-hydrogen) atoms. The zero-order valence-electron chi connectivity index (χ0n) is 17.3. The van der Waals surface area contributed by atoms with Crippen LogP contribution in [0.1, 0.15) is 34.8 Å². The van der Waals surface area contributed by atoms with E-state index in [0.29, 0.717) is 30.2 Å². The zero-order chi connectivity index (χ0) is 21.7. The molecule has 1 aliphatic heterocycles. The molecule has 2 aromatic carbocycles. The monoisotopic (exact) mass is 449 g/mol. The summed E-state index contributed by atoms with van der Waals surface area (Å²) in [5, 5.41) is 3.89. The summed E-state index contributed by atoms with van der Waals surface area (Å²) in [4.78, 5) is 14.9. The van der Waals surface area contributed by atoms with Gasteiger partial charge in [0, 0.05) is 36.3 Å². The lowest BCUT2D eigenvalue weighted by molar-refractivity contribution is 0.0988. The second-order valence-electron chi connectivity index (χ2n) is 7.72. The molecule has 0 amide bonds. The van der Waals surface area contributed by atoms with E-state index >= 15 is 0 Å². The van der Waals surface area contributed by atoms with Crippen LogP contribution in [0.5, 0.6) is 0 Å². The molecule has 3 rings (SSSR count). The number of nitrogens with one attached hydrogen (secondary N) is 1. The van der Waals surface area contributed by atoms with Crippen molar-refractivity contribution in [1.82, 2.24) is 14.5 Å². The van der Waals surface area contributed by atoms with Crippen molar-refractivity contribution in [2.24, 2.45) is 0 Å². The summed E-state index contributed by atoms with van der Waals surface area (Å²) < 4.78 is 27.0. The molecule has 0 spiro atoms. The molecular weight excluding hydrogens is 422 g/mol. The number of carbonyl (C=O) groups excluding carboxylic acids is 1. The molecule has 0 aromatic heterocycles. The summed E-state index contributed by atoms with van der Waals surface area (Å²) in [5.41, 5.74) is 1.50. The number of sulfonamides is 1. The highest BCUT2D eigenvalue weighted by Gasteiger charge is 2.27. The van der Waals surface area contributed by atoms with Crippen molar-refractivity contribution in [3.63, 3.8) is 0 Å². The molecule has 6 nitrogen and oxygen atoms in total. The van der Waals surface area contributed by atoms with Crippen molar-refractivity contribution < 1.29 is 13.2 Å². The highest BCUT2D eigenvalue weighted by molar-refractivity contribution is 7.89. The van der Waals surface area contributed by atoms with Gasteiger partial charge in [-0.15, -0.1) is 0 Å². The number of ketones is 1. The van der Waals surface area contributed by atoms with Crippen LogP contribution >= 0.6 is 11.6 Å². The third-order valence-electron chi connectivity index (χ3n) is 5.36. The lowest BCUT2D eigenvalue weighted by Crippen LogP contribution is -2.34. The molecule has 1 fully saturated rings. The molecule has 8 heteroatoms. The van der Waals surface area contributed by atoms with E-state index in [1.807, 2.05) is 38.4 Å². The maximum Gasteiger partial charge on any atom is 0.243 e. The van der Waals surface area contributed by atoms with Gasteiger partial charge in [-0.05, 0) is 56.8 Å². The Morgan fingerprint density at radius 2 is 1.80 bits per heavy atom. The number of halogens is 1. The molecule has 1 N–H and O–H groups in total. The number of rotatable bonds is 9. The number of hydrogen-bond donors (Lipinski definition) is 1. The molecule has 1 heterocycles. The van der Waals surface area contributed by atoms with Gasteiger partial charge in [-0.2, -0.15) is 4.31 Å². The van der Waals surface area contributed by atoms with Crippen molar-refractivity contribution in [1.29, 1.82) is 0 Å². The third kappa shape index (κ3) is 5.47. The van der Waals surface area contributed by atoms with E-state index in [4.69, 9.17) is 11.6 Å². The summed E-state index contributed by atoms with van der Waals surface area (Å²) in [6, 6.07) is 14.1. The van der Waals surface area contributed by atoms with Crippen molar-refractivity contribution in [3.05, 3.63) is 64.7 Å². The van der Waals surface area contributed by atoms with Gasteiger partial charge < -0.3 is 10.2 Å². The van der Waals surface area contributed by atoms with Gasteiger partial charge in [0.25, 0.3) is 0 Å². The van der Waals surface area contributed by atoms with Gasteiger partial charge in [0.2, 0.25) is 10.0 Å². The first kappa shape index (κ1) is 22.9. The highest BCUT2D eigenvalue weighted by atomic mass is 35.5. The molecule has 0 aliphatic carbocycles. The average molecular weight is 450 g/mol. The summed E-state index contributed by atoms with van der Waals surface area (Å²) in [6.45, 7) is 1.79. The van der Waals surface area contributed by atoms with Crippen LogP contribution in [0.2, 0.25) is 5.02 Å². The molecule has 0 saturated carbocycles. The van der Waals surface area contributed by atoms with E-state index in [9.17, 15) is 13.2 Å². The third-order valence-corrected chi connectivity index (χ3v) is 7.51. The summed E-state index contributed by atoms with van der Waals surface area (Å²) in [5.74, 6) is -0.137. The van der Waals surface area contributed by atoms with Crippen LogP contribution in [0.3, 0.4) is 0 Å². The fourth-order valence-corrected chi connectivity index (χ4v) is 5.30. The quantitative estimate of drug-likeness (QED) is 0.595. The predicted molar refractivity (Wildman–Crippen MR) is 120 cm³/mol. The molecule has 1 aliphatic rings. The van der Waals surface area contributed by atoms with Crippen LogP contribution in [0, 0.1) is 0 Å². The first-order valence-corrected chi connectivity index (χ1v) is 11.9. The molecule has 1 saturated heterocycles. The zero-order valence-corrected chi connectivity index (χ0v) is 18.9. The Balaban J connectivity index is 1.64. The van der Waals surface area contributed by atoms with Crippen LogP contribution < -0.4 is 5.32 Å². The number of Topliss-reactive ketones (excluding diaryl/α,β-unsaturated/α-hetero) is 1. The first-order valence-electron chi connectivity index (χ1n) is 10.0. The van der Waals surface area contributed by atoms with Crippen LogP contribution in [0.4, 0.5) is 0 Å². The molecular formula is C22H28ClN3O3S. The van der Waals surface area contributed by atoms with Gasteiger partial charge in [0.15, 0.2) is 5.78 Å². The fraction of sp³-hybridized carbons (Fsp3) is 0.409. The molecule has 0 radical (unpaired) electrons. The van der Waals surface area contributed by atoms with Crippen molar-refractivity contribution in [2.75, 3.05) is 40.3 Å². The topological polar surface area (TPSA) is 69.7 Å². The Morgan fingerprint density at radius 1 is 1.13 bits per heavy atom. The van der Waals surface area contributed by atoms with E-state index in [2.05, 4.69) is 10.2 Å². The van der Waals surface area contributed by atoms with Crippen molar-refractivity contribution >= 4 is 27.4 Å². The van der Waals surface area contributed by atoms with Gasteiger partial charge in [0.05, 0.1) is 11.4 Å². The van der Waals surface area contributed by atoms with Gasteiger partial charge in [-0.3, -0.25) is 4.79 Å². The minimum Gasteiger partial charge on any atom is -0.308 e. The fourth-order valence-electron chi connectivity index (χ4n) is 3.62. The van der Waals surface area contributed by atoms with Gasteiger partial charge in [-0.1, -0.05) is 35.9 Å². The van der Waals surface area contributed by atoms with E-state index in [1.165, 1.54) is 10.4 Å². The summed E-state index contributed by atoms with van der Waals surface area (Å²) in [7, 11) is 0.427. The smallest absolute Gasteiger partial charge is 0.243 e. The second kappa shape index (κ2) is 10.0. The lowest BCUT2D eigenvalue weighted by atomic mass is 10.1. The number of carbonyl (C=O) groups is 1. The van der Waals surface area contributed by atoms with Crippen LogP contribution in [0.25, 0.3) is 0 Å². The molecule has 1 atom stereocenters. The number of hydrogen-bond acceptors (Lipinski definition) is 5.